The Kier molecular flexibility index (Phi) is 6.97. The molecule has 0 spiro atoms. The maximum atomic E-state index is 13.2. The highest BCUT2D eigenvalue weighted by Crippen LogP contribution is 2.31. The summed E-state index contributed by atoms with van der Waals surface area (Å²) in [5.74, 6) is -0.692. The second-order valence-corrected chi connectivity index (χ2v) is 10.3. The average Bonchev–Trinajstić information content (AvgIpc) is 3.16. The highest BCUT2D eigenvalue weighted by Gasteiger charge is 2.44. The number of anilines is 1. The number of amides is 1. The van der Waals surface area contributed by atoms with E-state index >= 15 is 0 Å². The fraction of sp³-hybridized carbons (Fsp3) is 0.476. The SMILES string of the molecule is C[C@H]1CC[C@@H](C(=O)NCc2cc(N3CC(OC(F)(F)F)C3)ncn2)N1S(=O)(=O)c1ccc(F)cc1. The van der Waals surface area contributed by atoms with Crippen LogP contribution in [-0.2, 0) is 26.1 Å². The van der Waals surface area contributed by atoms with E-state index in [1.807, 2.05) is 0 Å². The molecule has 14 heteroatoms. The first-order valence-corrected chi connectivity index (χ1v) is 12.3. The van der Waals surface area contributed by atoms with E-state index in [0.717, 1.165) is 28.6 Å². The van der Waals surface area contributed by atoms with Crippen molar-refractivity contribution < 1.29 is 35.5 Å². The fourth-order valence-corrected chi connectivity index (χ4v) is 6.02. The Morgan fingerprint density at radius 2 is 1.86 bits per heavy atom. The molecule has 1 aromatic carbocycles. The number of ether oxygens (including phenoxy) is 1. The molecule has 2 aromatic rings. The van der Waals surface area contributed by atoms with Gasteiger partial charge in [-0.1, -0.05) is 0 Å². The average molecular weight is 518 g/mol. The first-order chi connectivity index (χ1) is 16.4. The Labute approximate surface area is 199 Å². The Morgan fingerprint density at radius 1 is 1.17 bits per heavy atom. The van der Waals surface area contributed by atoms with Gasteiger partial charge in [0.15, 0.2) is 0 Å². The number of halogens is 4. The van der Waals surface area contributed by atoms with Gasteiger partial charge in [-0.15, -0.1) is 13.2 Å². The fourth-order valence-electron chi connectivity index (χ4n) is 4.18. The molecule has 0 saturated carbocycles. The van der Waals surface area contributed by atoms with E-state index in [1.54, 1.807) is 11.8 Å². The molecule has 2 saturated heterocycles. The van der Waals surface area contributed by atoms with E-state index in [9.17, 15) is 30.8 Å². The van der Waals surface area contributed by atoms with Gasteiger partial charge >= 0.3 is 6.36 Å². The van der Waals surface area contributed by atoms with Crippen molar-refractivity contribution in [3.05, 3.63) is 48.2 Å². The second-order valence-electron chi connectivity index (χ2n) is 8.41. The van der Waals surface area contributed by atoms with Crippen LogP contribution in [0.5, 0.6) is 0 Å². The van der Waals surface area contributed by atoms with Crippen LogP contribution in [0.15, 0.2) is 41.6 Å². The Balaban J connectivity index is 1.38. The summed E-state index contributed by atoms with van der Waals surface area (Å²) in [6.07, 6.45) is -3.65. The Hall–Kier alpha value is -2.84. The van der Waals surface area contributed by atoms with Crippen LogP contribution in [0.3, 0.4) is 0 Å². The molecule has 0 unspecified atom stereocenters. The van der Waals surface area contributed by atoms with Crippen LogP contribution in [0, 0.1) is 5.82 Å². The number of sulfonamides is 1. The molecular weight excluding hydrogens is 494 g/mol. The first kappa shape index (κ1) is 25.3. The molecule has 2 aliphatic rings. The monoisotopic (exact) mass is 517 g/mol. The van der Waals surface area contributed by atoms with Gasteiger partial charge in [0.1, 0.15) is 30.1 Å². The van der Waals surface area contributed by atoms with Crippen LogP contribution in [0.4, 0.5) is 23.4 Å². The maximum absolute atomic E-state index is 13.2. The molecule has 0 bridgehead atoms. The van der Waals surface area contributed by atoms with Crippen molar-refractivity contribution in [2.45, 2.75) is 55.8 Å². The van der Waals surface area contributed by atoms with Crippen LogP contribution >= 0.6 is 0 Å². The van der Waals surface area contributed by atoms with Gasteiger partial charge in [0.2, 0.25) is 15.9 Å². The summed E-state index contributed by atoms with van der Waals surface area (Å²) < 4.78 is 81.5. The van der Waals surface area contributed by atoms with E-state index in [0.29, 0.717) is 24.4 Å². The summed E-state index contributed by atoms with van der Waals surface area (Å²) in [7, 11) is -4.03. The van der Waals surface area contributed by atoms with Crippen molar-refractivity contribution in [3.63, 3.8) is 0 Å². The molecule has 0 radical (unpaired) electrons. The molecule has 2 aliphatic heterocycles. The van der Waals surface area contributed by atoms with Crippen LogP contribution in [0.25, 0.3) is 0 Å². The lowest BCUT2D eigenvalue weighted by atomic mass is 10.1. The zero-order valence-electron chi connectivity index (χ0n) is 18.6. The van der Waals surface area contributed by atoms with Gasteiger partial charge in [-0.05, 0) is 44.0 Å². The predicted octanol–water partition coefficient (Wildman–Crippen LogP) is 2.20. The number of carbonyl (C=O) groups excluding carboxylic acids is 1. The zero-order valence-corrected chi connectivity index (χ0v) is 19.4. The number of nitrogens with zero attached hydrogens (tertiary/aromatic N) is 4. The minimum absolute atomic E-state index is 0.0124. The van der Waals surface area contributed by atoms with E-state index in [-0.39, 0.29) is 24.5 Å². The highest BCUT2D eigenvalue weighted by atomic mass is 32.2. The van der Waals surface area contributed by atoms with Crippen LogP contribution in [0.1, 0.15) is 25.5 Å². The smallest absolute Gasteiger partial charge is 0.351 e. The quantitative estimate of drug-likeness (QED) is 0.562. The minimum Gasteiger partial charge on any atom is -0.351 e. The number of benzene rings is 1. The first-order valence-electron chi connectivity index (χ1n) is 10.8. The van der Waals surface area contributed by atoms with E-state index in [1.165, 1.54) is 12.4 Å². The third kappa shape index (κ3) is 5.70. The number of alkyl halides is 3. The number of aromatic nitrogens is 2. The standard InChI is InChI=1S/C21H23F4N5O4S/c1-13-2-7-18(30(13)35(32,33)17-5-3-14(22)4-6-17)20(31)26-9-15-8-19(28-12-27-15)29-10-16(11-29)34-21(23,24)25/h3-6,8,12-13,16,18H,2,7,9-11H2,1H3,(H,26,31)/t13-,18-/m0/s1. The largest absolute Gasteiger partial charge is 0.522 e. The van der Waals surface area contributed by atoms with Gasteiger partial charge < -0.3 is 10.2 Å². The molecule has 1 aromatic heterocycles. The maximum Gasteiger partial charge on any atom is 0.522 e. The van der Waals surface area contributed by atoms with Crippen LogP contribution in [-0.4, -0.2) is 66.2 Å². The summed E-state index contributed by atoms with van der Waals surface area (Å²) >= 11 is 0. The number of rotatable bonds is 7. The normalized spacial score (nSPS) is 21.7. The number of hydrogen-bond acceptors (Lipinski definition) is 7. The predicted molar refractivity (Wildman–Crippen MR) is 115 cm³/mol. The van der Waals surface area contributed by atoms with Gasteiger partial charge in [-0.25, -0.2) is 22.8 Å². The van der Waals surface area contributed by atoms with Crippen molar-refractivity contribution in [1.29, 1.82) is 0 Å². The molecule has 9 nitrogen and oxygen atoms in total. The lowest BCUT2D eigenvalue weighted by Crippen LogP contribution is -2.54. The third-order valence-corrected chi connectivity index (χ3v) is 7.95. The van der Waals surface area contributed by atoms with E-state index < -0.39 is 46.3 Å². The van der Waals surface area contributed by atoms with E-state index in [2.05, 4.69) is 20.0 Å². The number of hydrogen-bond donors (Lipinski definition) is 1. The third-order valence-electron chi connectivity index (χ3n) is 5.92. The van der Waals surface area contributed by atoms with Gasteiger partial charge in [0.05, 0.1) is 17.1 Å². The van der Waals surface area contributed by atoms with Gasteiger partial charge in [0.25, 0.3) is 0 Å². The summed E-state index contributed by atoms with van der Waals surface area (Å²) in [4.78, 5) is 22.5. The Morgan fingerprint density at radius 3 is 2.51 bits per heavy atom. The second kappa shape index (κ2) is 9.66. The molecule has 2 atom stereocenters. The van der Waals surface area contributed by atoms with Crippen molar-refractivity contribution in [3.8, 4) is 0 Å². The zero-order chi connectivity index (χ0) is 25.4. The van der Waals surface area contributed by atoms with Crippen molar-refractivity contribution >= 4 is 21.7 Å². The van der Waals surface area contributed by atoms with Gasteiger partial charge in [-0.2, -0.15) is 4.31 Å². The summed E-state index contributed by atoms with van der Waals surface area (Å²) in [5.41, 5.74) is 0.405. The molecule has 4 rings (SSSR count). The lowest BCUT2D eigenvalue weighted by Gasteiger charge is -2.39. The summed E-state index contributed by atoms with van der Waals surface area (Å²) in [5, 5.41) is 2.68. The number of carbonyl (C=O) groups is 1. The molecule has 2 fully saturated rings. The molecule has 3 heterocycles. The molecule has 35 heavy (non-hydrogen) atoms. The molecule has 0 aliphatic carbocycles. The molecular formula is C21H23F4N5O4S. The Bertz CT molecular complexity index is 1170. The molecule has 1 N–H and O–H groups in total. The van der Waals surface area contributed by atoms with Crippen LogP contribution in [0.2, 0.25) is 0 Å². The van der Waals surface area contributed by atoms with Gasteiger partial charge in [0, 0.05) is 25.2 Å². The van der Waals surface area contributed by atoms with Gasteiger partial charge in [-0.3, -0.25) is 9.53 Å². The summed E-state index contributed by atoms with van der Waals surface area (Å²) in [6.45, 7) is 1.70. The molecule has 1 amide bonds. The van der Waals surface area contributed by atoms with Crippen molar-refractivity contribution in [1.82, 2.24) is 19.6 Å². The topological polar surface area (TPSA) is 105 Å². The van der Waals surface area contributed by atoms with Crippen molar-refractivity contribution in [2.75, 3.05) is 18.0 Å². The van der Waals surface area contributed by atoms with Crippen molar-refractivity contribution in [2.24, 2.45) is 0 Å². The summed E-state index contributed by atoms with van der Waals surface area (Å²) in [6, 6.07) is 4.58. The lowest BCUT2D eigenvalue weighted by molar-refractivity contribution is -0.344. The number of nitrogens with one attached hydrogen (secondary N) is 1. The van der Waals surface area contributed by atoms with E-state index in [4.69, 9.17) is 0 Å². The highest BCUT2D eigenvalue weighted by molar-refractivity contribution is 7.89. The minimum atomic E-state index is -4.70. The van der Waals surface area contributed by atoms with Crippen LogP contribution < -0.4 is 10.2 Å². The molecule has 190 valence electrons.